The molecule has 0 aliphatic heterocycles. The van der Waals surface area contributed by atoms with E-state index in [-0.39, 0.29) is 13.1 Å². The van der Waals surface area contributed by atoms with Crippen LogP contribution < -0.4 is 0 Å². The van der Waals surface area contributed by atoms with Gasteiger partial charge in [0.05, 0.1) is 11.1 Å². The molecular weight excluding hydrogens is 411 g/mol. The minimum atomic E-state index is -1.91. The molecule has 0 saturated heterocycles. The quantitative estimate of drug-likeness (QED) is 0.169. The standard InChI is InChI=1S/C20H13F5N2OS/c21-15-5-14(7-26-8-15)10-27(9-12-1-3-13(11-28)4-2-12)29-17-6-16(22)18(23)20(25)19(17)24/h1-8,11H,9-10H2. The molecule has 150 valence electrons. The van der Waals surface area contributed by atoms with Gasteiger partial charge in [0.2, 0.25) is 0 Å². The highest BCUT2D eigenvalue weighted by Gasteiger charge is 2.21. The van der Waals surface area contributed by atoms with E-state index in [9.17, 15) is 26.7 Å². The van der Waals surface area contributed by atoms with Crippen LogP contribution in [0.4, 0.5) is 22.0 Å². The predicted octanol–water partition coefficient (Wildman–Crippen LogP) is 5.30. The van der Waals surface area contributed by atoms with Gasteiger partial charge in [0.25, 0.3) is 0 Å². The number of carbonyl (C=O) groups is 1. The first kappa shape index (κ1) is 20.9. The second-order valence-electron chi connectivity index (χ2n) is 6.06. The third kappa shape index (κ3) is 5.18. The summed E-state index contributed by atoms with van der Waals surface area (Å²) in [6, 6.07) is 8.25. The average molecular weight is 424 g/mol. The molecule has 0 radical (unpaired) electrons. The van der Waals surface area contributed by atoms with Crippen molar-refractivity contribution >= 4 is 18.2 Å². The lowest BCUT2D eigenvalue weighted by Crippen LogP contribution is -2.16. The van der Waals surface area contributed by atoms with E-state index in [0.29, 0.717) is 41.0 Å². The van der Waals surface area contributed by atoms with Gasteiger partial charge in [-0.1, -0.05) is 24.3 Å². The van der Waals surface area contributed by atoms with Crippen molar-refractivity contribution in [3.63, 3.8) is 0 Å². The van der Waals surface area contributed by atoms with Crippen molar-refractivity contribution in [1.82, 2.24) is 9.29 Å². The minimum absolute atomic E-state index is 0.0465. The summed E-state index contributed by atoms with van der Waals surface area (Å²) in [5.74, 6) is -7.41. The summed E-state index contributed by atoms with van der Waals surface area (Å²) in [6.45, 7) is 0.200. The zero-order valence-electron chi connectivity index (χ0n) is 14.7. The first-order valence-corrected chi connectivity index (χ1v) is 9.04. The molecule has 0 bridgehead atoms. The summed E-state index contributed by atoms with van der Waals surface area (Å²) in [6.07, 6.45) is 3.09. The lowest BCUT2D eigenvalue weighted by Gasteiger charge is -2.22. The molecule has 0 atom stereocenters. The molecule has 0 unspecified atom stereocenters. The summed E-state index contributed by atoms with van der Waals surface area (Å²) in [7, 11) is 0. The molecule has 2 aromatic carbocycles. The topological polar surface area (TPSA) is 33.2 Å². The van der Waals surface area contributed by atoms with Crippen LogP contribution in [0.1, 0.15) is 21.5 Å². The number of halogens is 5. The molecule has 0 amide bonds. The van der Waals surface area contributed by atoms with Crippen LogP contribution in [0.15, 0.2) is 53.7 Å². The third-order valence-electron chi connectivity index (χ3n) is 3.89. The Balaban J connectivity index is 1.90. The Bertz CT molecular complexity index is 1030. The molecular formula is C20H13F5N2OS. The highest BCUT2D eigenvalue weighted by atomic mass is 32.2. The highest BCUT2D eigenvalue weighted by Crippen LogP contribution is 2.32. The van der Waals surface area contributed by atoms with Crippen LogP contribution in [0.25, 0.3) is 0 Å². The Hall–Kier alpha value is -2.78. The van der Waals surface area contributed by atoms with E-state index in [4.69, 9.17) is 0 Å². The smallest absolute Gasteiger partial charge is 0.198 e. The van der Waals surface area contributed by atoms with Gasteiger partial charge in [0, 0.05) is 24.8 Å². The Morgan fingerprint density at radius 2 is 1.55 bits per heavy atom. The first-order valence-electron chi connectivity index (χ1n) is 8.27. The number of hydrogen-bond acceptors (Lipinski definition) is 4. The number of benzene rings is 2. The van der Waals surface area contributed by atoms with Crippen LogP contribution in [0.2, 0.25) is 0 Å². The third-order valence-corrected chi connectivity index (χ3v) is 4.90. The van der Waals surface area contributed by atoms with E-state index in [1.807, 2.05) is 0 Å². The second-order valence-corrected chi connectivity index (χ2v) is 7.20. The van der Waals surface area contributed by atoms with Crippen LogP contribution >= 0.6 is 11.9 Å². The molecule has 3 rings (SSSR count). The fourth-order valence-corrected chi connectivity index (χ4v) is 3.56. The van der Waals surface area contributed by atoms with Gasteiger partial charge < -0.3 is 0 Å². The van der Waals surface area contributed by atoms with Gasteiger partial charge in [0.1, 0.15) is 12.1 Å². The van der Waals surface area contributed by atoms with Crippen molar-refractivity contribution in [1.29, 1.82) is 0 Å². The summed E-state index contributed by atoms with van der Waals surface area (Å²) in [5.41, 5.74) is 1.59. The number of carbonyl (C=O) groups excluding carboxylic acids is 1. The van der Waals surface area contributed by atoms with Crippen LogP contribution in [0, 0.1) is 29.1 Å². The molecule has 0 saturated carbocycles. The maximum absolute atomic E-state index is 14.1. The maximum atomic E-state index is 14.1. The molecule has 0 aliphatic carbocycles. The molecule has 3 aromatic rings. The van der Waals surface area contributed by atoms with Gasteiger partial charge in [0.15, 0.2) is 23.3 Å². The van der Waals surface area contributed by atoms with Crippen LogP contribution in [-0.2, 0) is 13.1 Å². The molecule has 0 fully saturated rings. The molecule has 9 heteroatoms. The lowest BCUT2D eigenvalue weighted by atomic mass is 10.1. The molecule has 0 spiro atoms. The van der Waals surface area contributed by atoms with Gasteiger partial charge >= 0.3 is 0 Å². The number of rotatable bonds is 7. The van der Waals surface area contributed by atoms with Crippen molar-refractivity contribution in [3.05, 3.63) is 94.6 Å². The molecule has 0 N–H and O–H groups in total. The SMILES string of the molecule is O=Cc1ccc(CN(Cc2cncc(F)c2)Sc2cc(F)c(F)c(F)c2F)cc1. The second kappa shape index (κ2) is 9.15. The number of pyridine rings is 1. The van der Waals surface area contributed by atoms with E-state index in [2.05, 4.69) is 4.98 Å². The van der Waals surface area contributed by atoms with Gasteiger partial charge in [-0.3, -0.25) is 9.78 Å². The van der Waals surface area contributed by atoms with E-state index in [1.165, 1.54) is 16.6 Å². The highest BCUT2D eigenvalue weighted by molar-refractivity contribution is 7.97. The van der Waals surface area contributed by atoms with Crippen molar-refractivity contribution in [3.8, 4) is 0 Å². The number of nitrogens with zero attached hydrogens (tertiary/aromatic N) is 2. The summed E-state index contributed by atoms with van der Waals surface area (Å²) in [5, 5.41) is 0. The van der Waals surface area contributed by atoms with Crippen molar-refractivity contribution in [2.45, 2.75) is 18.0 Å². The molecule has 1 aromatic heterocycles. The maximum Gasteiger partial charge on any atom is 0.198 e. The fraction of sp³-hybridized carbons (Fsp3) is 0.100. The van der Waals surface area contributed by atoms with Crippen molar-refractivity contribution in [2.75, 3.05) is 0 Å². The summed E-state index contributed by atoms with van der Waals surface area (Å²) in [4.78, 5) is 14.1. The Morgan fingerprint density at radius 1 is 0.862 bits per heavy atom. The van der Waals surface area contributed by atoms with Crippen LogP contribution in [0.5, 0.6) is 0 Å². The van der Waals surface area contributed by atoms with Crippen LogP contribution in [0.3, 0.4) is 0 Å². The van der Waals surface area contributed by atoms with E-state index >= 15 is 0 Å². The molecule has 1 heterocycles. The largest absolute Gasteiger partial charge is 0.298 e. The number of aromatic nitrogens is 1. The van der Waals surface area contributed by atoms with Crippen molar-refractivity contribution in [2.24, 2.45) is 0 Å². The normalized spacial score (nSPS) is 11.1. The first-order chi connectivity index (χ1) is 13.9. The minimum Gasteiger partial charge on any atom is -0.298 e. The van der Waals surface area contributed by atoms with Crippen molar-refractivity contribution < 1.29 is 26.7 Å². The van der Waals surface area contributed by atoms with Gasteiger partial charge in [-0.25, -0.2) is 26.3 Å². The number of aldehydes is 1. The lowest BCUT2D eigenvalue weighted by molar-refractivity contribution is 0.112. The summed E-state index contributed by atoms with van der Waals surface area (Å²) < 4.78 is 69.4. The van der Waals surface area contributed by atoms with Gasteiger partial charge in [-0.15, -0.1) is 0 Å². The van der Waals surface area contributed by atoms with Gasteiger partial charge in [-0.05, 0) is 35.2 Å². The van der Waals surface area contributed by atoms with Crippen LogP contribution in [-0.4, -0.2) is 15.6 Å². The van der Waals surface area contributed by atoms with E-state index in [1.54, 1.807) is 24.3 Å². The molecule has 29 heavy (non-hydrogen) atoms. The predicted molar refractivity (Wildman–Crippen MR) is 97.4 cm³/mol. The monoisotopic (exact) mass is 424 g/mol. The average Bonchev–Trinajstić information content (AvgIpc) is 2.71. The molecule has 0 aliphatic rings. The summed E-state index contributed by atoms with van der Waals surface area (Å²) >= 11 is 0.650. The zero-order valence-corrected chi connectivity index (χ0v) is 15.5. The molecule has 3 nitrogen and oxygen atoms in total. The Kier molecular flexibility index (Phi) is 6.60. The fourth-order valence-electron chi connectivity index (χ4n) is 2.53. The van der Waals surface area contributed by atoms with E-state index < -0.39 is 34.0 Å². The number of hydrogen-bond donors (Lipinski definition) is 0. The Morgan fingerprint density at radius 3 is 2.21 bits per heavy atom. The van der Waals surface area contributed by atoms with E-state index in [0.717, 1.165) is 6.20 Å². The Labute approximate surface area is 167 Å². The zero-order chi connectivity index (χ0) is 21.0. The van der Waals surface area contributed by atoms with Gasteiger partial charge in [-0.2, -0.15) is 0 Å².